The maximum Gasteiger partial charge on any atom is 0.225 e. The maximum atomic E-state index is 12.5. The van der Waals surface area contributed by atoms with E-state index in [1.165, 1.54) is 0 Å². The van der Waals surface area contributed by atoms with E-state index in [4.69, 9.17) is 4.74 Å². The SMILES string of the molecule is O=C1CC(c2cccc(Oc3ccccc3)c2)c2ccc3ccccc3c2N1. The van der Waals surface area contributed by atoms with Crippen molar-refractivity contribution >= 4 is 22.4 Å². The number of anilines is 1. The lowest BCUT2D eigenvalue weighted by molar-refractivity contribution is -0.116. The number of fused-ring (bicyclic) bond motifs is 3. The lowest BCUT2D eigenvalue weighted by Crippen LogP contribution is -2.23. The molecule has 0 bridgehead atoms. The van der Waals surface area contributed by atoms with Crippen LogP contribution >= 0.6 is 0 Å². The number of hydrogen-bond donors (Lipinski definition) is 1. The van der Waals surface area contributed by atoms with Gasteiger partial charge in [-0.1, -0.05) is 66.7 Å². The lowest BCUT2D eigenvalue weighted by atomic mass is 9.83. The fourth-order valence-corrected chi connectivity index (χ4v) is 3.92. The zero-order valence-electron chi connectivity index (χ0n) is 15.3. The summed E-state index contributed by atoms with van der Waals surface area (Å²) in [6.45, 7) is 0. The summed E-state index contributed by atoms with van der Waals surface area (Å²) in [6, 6.07) is 30.2. The topological polar surface area (TPSA) is 38.3 Å². The third-order valence-corrected chi connectivity index (χ3v) is 5.23. The smallest absolute Gasteiger partial charge is 0.225 e. The molecule has 1 atom stereocenters. The molecule has 5 rings (SSSR count). The first-order valence-electron chi connectivity index (χ1n) is 9.42. The minimum Gasteiger partial charge on any atom is -0.457 e. The van der Waals surface area contributed by atoms with E-state index in [-0.39, 0.29) is 11.8 Å². The zero-order valence-corrected chi connectivity index (χ0v) is 15.3. The average Bonchev–Trinajstić information content (AvgIpc) is 2.74. The summed E-state index contributed by atoms with van der Waals surface area (Å²) in [4.78, 5) is 12.5. The van der Waals surface area contributed by atoms with Crippen molar-refractivity contribution in [3.05, 3.63) is 102 Å². The zero-order chi connectivity index (χ0) is 18.9. The van der Waals surface area contributed by atoms with Gasteiger partial charge in [0.15, 0.2) is 0 Å². The molecule has 4 aromatic rings. The standard InChI is InChI=1S/C25H19NO2/c27-24-16-23(22-14-13-17-7-4-5-12-21(17)25(22)26-24)18-8-6-11-20(15-18)28-19-9-2-1-3-10-19/h1-15,23H,16H2,(H,26,27). The molecule has 1 unspecified atom stereocenters. The average molecular weight is 365 g/mol. The summed E-state index contributed by atoms with van der Waals surface area (Å²) >= 11 is 0. The molecule has 0 radical (unpaired) electrons. The van der Waals surface area contributed by atoms with Crippen molar-refractivity contribution in [1.82, 2.24) is 0 Å². The Labute approximate surface area is 163 Å². The van der Waals surface area contributed by atoms with Crippen LogP contribution in [0.25, 0.3) is 10.8 Å². The van der Waals surface area contributed by atoms with E-state index in [0.717, 1.165) is 39.1 Å². The van der Waals surface area contributed by atoms with Gasteiger partial charge >= 0.3 is 0 Å². The van der Waals surface area contributed by atoms with E-state index in [1.807, 2.05) is 60.7 Å². The minimum absolute atomic E-state index is 0.00711. The minimum atomic E-state index is 0.00711. The van der Waals surface area contributed by atoms with E-state index < -0.39 is 0 Å². The third kappa shape index (κ3) is 3.01. The van der Waals surface area contributed by atoms with Crippen molar-refractivity contribution in [3.63, 3.8) is 0 Å². The molecule has 1 aliphatic rings. The predicted molar refractivity (Wildman–Crippen MR) is 112 cm³/mol. The van der Waals surface area contributed by atoms with Gasteiger partial charge in [0.2, 0.25) is 5.91 Å². The van der Waals surface area contributed by atoms with Crippen LogP contribution in [0.5, 0.6) is 11.5 Å². The fraction of sp³-hybridized carbons (Fsp3) is 0.0800. The fourth-order valence-electron chi connectivity index (χ4n) is 3.92. The molecule has 28 heavy (non-hydrogen) atoms. The van der Waals surface area contributed by atoms with E-state index in [1.54, 1.807) is 0 Å². The number of para-hydroxylation sites is 1. The Bertz CT molecular complexity index is 1170. The van der Waals surface area contributed by atoms with Gasteiger partial charge in [-0.2, -0.15) is 0 Å². The number of benzene rings is 4. The molecule has 4 aromatic carbocycles. The molecule has 1 aliphatic heterocycles. The van der Waals surface area contributed by atoms with Gasteiger partial charge in [0.25, 0.3) is 0 Å². The van der Waals surface area contributed by atoms with Crippen molar-refractivity contribution < 1.29 is 9.53 Å². The van der Waals surface area contributed by atoms with Crippen LogP contribution < -0.4 is 10.1 Å². The molecule has 0 fully saturated rings. The molecule has 3 heteroatoms. The van der Waals surface area contributed by atoms with Gasteiger partial charge in [0.1, 0.15) is 11.5 Å². The highest BCUT2D eigenvalue weighted by Crippen LogP contribution is 2.41. The van der Waals surface area contributed by atoms with Gasteiger partial charge < -0.3 is 10.1 Å². The lowest BCUT2D eigenvalue weighted by Gasteiger charge is -2.27. The number of nitrogens with one attached hydrogen (secondary N) is 1. The molecular formula is C25H19NO2. The summed E-state index contributed by atoms with van der Waals surface area (Å²) in [7, 11) is 0. The molecule has 1 N–H and O–H groups in total. The highest BCUT2D eigenvalue weighted by Gasteiger charge is 2.28. The molecule has 1 heterocycles. The first-order valence-corrected chi connectivity index (χ1v) is 9.42. The summed E-state index contributed by atoms with van der Waals surface area (Å²) in [5.74, 6) is 1.63. The monoisotopic (exact) mass is 365 g/mol. The first kappa shape index (κ1) is 16.6. The van der Waals surface area contributed by atoms with Crippen molar-refractivity contribution in [1.29, 1.82) is 0 Å². The second kappa shape index (κ2) is 6.86. The van der Waals surface area contributed by atoms with Gasteiger partial charge in [-0.25, -0.2) is 0 Å². The van der Waals surface area contributed by atoms with E-state index >= 15 is 0 Å². The van der Waals surface area contributed by atoms with Crippen molar-refractivity contribution in [3.8, 4) is 11.5 Å². The van der Waals surface area contributed by atoms with Gasteiger partial charge in [-0.15, -0.1) is 0 Å². The molecule has 0 saturated heterocycles. The quantitative estimate of drug-likeness (QED) is 0.476. The van der Waals surface area contributed by atoms with Crippen molar-refractivity contribution in [2.24, 2.45) is 0 Å². The van der Waals surface area contributed by atoms with Crippen LogP contribution in [0.3, 0.4) is 0 Å². The Hall–Kier alpha value is -3.59. The van der Waals surface area contributed by atoms with Crippen LogP contribution in [0.1, 0.15) is 23.5 Å². The van der Waals surface area contributed by atoms with Crippen LogP contribution in [0.2, 0.25) is 0 Å². The van der Waals surface area contributed by atoms with Gasteiger partial charge in [-0.3, -0.25) is 4.79 Å². The van der Waals surface area contributed by atoms with E-state index in [0.29, 0.717) is 6.42 Å². The Morgan fingerprint density at radius 2 is 1.57 bits per heavy atom. The summed E-state index contributed by atoms with van der Waals surface area (Å²) in [5.41, 5.74) is 3.16. The highest BCUT2D eigenvalue weighted by molar-refractivity contribution is 6.06. The van der Waals surface area contributed by atoms with E-state index in [9.17, 15) is 4.79 Å². The van der Waals surface area contributed by atoms with Crippen LogP contribution in [-0.2, 0) is 4.79 Å². The molecule has 0 aromatic heterocycles. The normalized spacial score (nSPS) is 15.7. The summed E-state index contributed by atoms with van der Waals surface area (Å²) in [5, 5.41) is 5.29. The third-order valence-electron chi connectivity index (χ3n) is 5.23. The van der Waals surface area contributed by atoms with Crippen LogP contribution in [-0.4, -0.2) is 5.91 Å². The number of amides is 1. The van der Waals surface area contributed by atoms with Gasteiger partial charge in [0, 0.05) is 17.7 Å². The Balaban J connectivity index is 1.56. The van der Waals surface area contributed by atoms with Crippen LogP contribution in [0.15, 0.2) is 91.0 Å². The Morgan fingerprint density at radius 1 is 0.786 bits per heavy atom. The molecule has 136 valence electrons. The van der Waals surface area contributed by atoms with Crippen LogP contribution in [0, 0.1) is 0 Å². The Morgan fingerprint density at radius 3 is 2.46 bits per heavy atom. The van der Waals surface area contributed by atoms with E-state index in [2.05, 4.69) is 35.6 Å². The largest absolute Gasteiger partial charge is 0.457 e. The molecular weight excluding hydrogens is 346 g/mol. The number of rotatable bonds is 3. The molecule has 0 aliphatic carbocycles. The van der Waals surface area contributed by atoms with Crippen LogP contribution in [0.4, 0.5) is 5.69 Å². The summed E-state index contributed by atoms with van der Waals surface area (Å²) < 4.78 is 5.99. The van der Waals surface area contributed by atoms with Gasteiger partial charge in [-0.05, 0) is 40.8 Å². The maximum absolute atomic E-state index is 12.5. The van der Waals surface area contributed by atoms with Gasteiger partial charge in [0.05, 0.1) is 5.69 Å². The van der Waals surface area contributed by atoms with Crippen molar-refractivity contribution in [2.45, 2.75) is 12.3 Å². The second-order valence-electron chi connectivity index (χ2n) is 7.04. The molecule has 1 amide bonds. The number of hydrogen-bond acceptors (Lipinski definition) is 2. The second-order valence-corrected chi connectivity index (χ2v) is 7.04. The Kier molecular flexibility index (Phi) is 4.06. The predicted octanol–water partition coefficient (Wildman–Crippen LogP) is 6.11. The number of carbonyl (C=O) groups excluding carboxylic acids is 1. The molecule has 3 nitrogen and oxygen atoms in total. The first-order chi connectivity index (χ1) is 13.8. The number of carbonyl (C=O) groups is 1. The molecule has 0 saturated carbocycles. The molecule has 0 spiro atoms. The summed E-state index contributed by atoms with van der Waals surface area (Å²) in [6.07, 6.45) is 0.431. The number of ether oxygens (including phenoxy) is 1. The highest BCUT2D eigenvalue weighted by atomic mass is 16.5. The van der Waals surface area contributed by atoms with Crippen molar-refractivity contribution in [2.75, 3.05) is 5.32 Å².